The van der Waals surface area contributed by atoms with Gasteiger partial charge in [-0.25, -0.2) is 0 Å². The Morgan fingerprint density at radius 3 is 2.25 bits per heavy atom. The standard InChI is InChI=1S/C9H9F3N2O2/c1-16-7-4-2-6(3-5-7)13-14-8(15)9(10,11)12/h2-5,13H,1H3,(H,14,15). The van der Waals surface area contributed by atoms with E-state index in [9.17, 15) is 18.0 Å². The lowest BCUT2D eigenvalue weighted by atomic mass is 10.3. The van der Waals surface area contributed by atoms with Crippen LogP contribution in [0.2, 0.25) is 0 Å². The van der Waals surface area contributed by atoms with Crippen LogP contribution in [0.15, 0.2) is 24.3 Å². The Labute approximate surface area is 89.4 Å². The molecule has 0 fully saturated rings. The number of hydrogen-bond donors (Lipinski definition) is 2. The number of hydrazine groups is 1. The molecule has 0 atom stereocenters. The third kappa shape index (κ3) is 3.34. The van der Waals surface area contributed by atoms with E-state index in [1.165, 1.54) is 24.7 Å². The van der Waals surface area contributed by atoms with Gasteiger partial charge >= 0.3 is 12.1 Å². The molecule has 7 heteroatoms. The first-order valence-corrected chi connectivity index (χ1v) is 4.20. The van der Waals surface area contributed by atoms with Crippen molar-refractivity contribution in [3.63, 3.8) is 0 Å². The van der Waals surface area contributed by atoms with Crippen LogP contribution in [0.5, 0.6) is 5.75 Å². The molecule has 2 N–H and O–H groups in total. The zero-order valence-corrected chi connectivity index (χ0v) is 8.26. The number of nitrogens with one attached hydrogen (secondary N) is 2. The molecule has 4 nitrogen and oxygen atoms in total. The van der Waals surface area contributed by atoms with Crippen molar-refractivity contribution in [3.05, 3.63) is 24.3 Å². The number of anilines is 1. The number of rotatable bonds is 3. The number of carbonyl (C=O) groups excluding carboxylic acids is 1. The average molecular weight is 234 g/mol. The molecule has 0 aromatic heterocycles. The molecular weight excluding hydrogens is 225 g/mol. The van der Waals surface area contributed by atoms with Gasteiger partial charge in [-0.2, -0.15) is 13.2 Å². The quantitative estimate of drug-likeness (QED) is 0.782. The maximum Gasteiger partial charge on any atom is 0.472 e. The summed E-state index contributed by atoms with van der Waals surface area (Å²) in [6.07, 6.45) is -4.90. The molecule has 1 aromatic carbocycles. The SMILES string of the molecule is COc1ccc(NNC(=O)C(F)(F)F)cc1. The fraction of sp³-hybridized carbons (Fsp3) is 0.222. The molecule has 0 unspecified atom stereocenters. The number of alkyl halides is 3. The molecule has 0 spiro atoms. The fourth-order valence-electron chi connectivity index (χ4n) is 0.874. The number of benzene rings is 1. The van der Waals surface area contributed by atoms with E-state index < -0.39 is 12.1 Å². The van der Waals surface area contributed by atoms with Gasteiger partial charge < -0.3 is 4.74 Å². The predicted molar refractivity (Wildman–Crippen MR) is 50.8 cm³/mol. The van der Waals surface area contributed by atoms with Crippen molar-refractivity contribution >= 4 is 11.6 Å². The van der Waals surface area contributed by atoms with Gasteiger partial charge in [0.05, 0.1) is 12.8 Å². The number of ether oxygens (including phenoxy) is 1. The Bertz CT molecular complexity index is 362. The predicted octanol–water partition coefficient (Wildman–Crippen LogP) is 1.70. The number of methoxy groups -OCH3 is 1. The molecule has 0 bridgehead atoms. The molecule has 0 heterocycles. The first kappa shape index (κ1) is 12.2. The summed E-state index contributed by atoms with van der Waals surface area (Å²) in [6.45, 7) is 0. The molecule has 0 aliphatic heterocycles. The van der Waals surface area contributed by atoms with Crippen molar-refractivity contribution in [2.24, 2.45) is 0 Å². The summed E-state index contributed by atoms with van der Waals surface area (Å²) in [5.74, 6) is -1.49. The Morgan fingerprint density at radius 1 is 1.25 bits per heavy atom. The summed E-state index contributed by atoms with van der Waals surface area (Å²) in [5, 5.41) is 0. The highest BCUT2D eigenvalue weighted by Crippen LogP contribution is 2.16. The van der Waals surface area contributed by atoms with E-state index in [-0.39, 0.29) is 0 Å². The van der Waals surface area contributed by atoms with Crippen LogP contribution in [-0.4, -0.2) is 19.2 Å². The molecule has 0 saturated carbocycles. The van der Waals surface area contributed by atoms with E-state index in [0.29, 0.717) is 11.4 Å². The smallest absolute Gasteiger partial charge is 0.472 e. The summed E-state index contributed by atoms with van der Waals surface area (Å²) < 4.78 is 40.2. The lowest BCUT2D eigenvalue weighted by Gasteiger charge is -2.10. The Morgan fingerprint density at radius 2 is 1.81 bits per heavy atom. The summed E-state index contributed by atoms with van der Waals surface area (Å²) >= 11 is 0. The Balaban J connectivity index is 2.52. The Hall–Kier alpha value is -1.92. The second kappa shape index (κ2) is 4.73. The lowest BCUT2D eigenvalue weighted by molar-refractivity contribution is -0.173. The molecule has 0 saturated heterocycles. The highest BCUT2D eigenvalue weighted by atomic mass is 19.4. The molecule has 0 aliphatic carbocycles. The second-order valence-corrected chi connectivity index (χ2v) is 2.81. The molecule has 0 radical (unpaired) electrons. The minimum atomic E-state index is -4.90. The maximum atomic E-state index is 11.8. The highest BCUT2D eigenvalue weighted by Gasteiger charge is 2.38. The third-order valence-corrected chi connectivity index (χ3v) is 1.67. The van der Waals surface area contributed by atoms with Gasteiger partial charge in [-0.15, -0.1) is 0 Å². The van der Waals surface area contributed by atoms with Crippen LogP contribution >= 0.6 is 0 Å². The minimum Gasteiger partial charge on any atom is -0.497 e. The summed E-state index contributed by atoms with van der Waals surface area (Å²) in [6, 6.07) is 6.02. The van der Waals surface area contributed by atoms with Gasteiger partial charge in [0.1, 0.15) is 5.75 Å². The number of amides is 1. The van der Waals surface area contributed by atoms with E-state index in [1.54, 1.807) is 12.1 Å². The topological polar surface area (TPSA) is 50.4 Å². The molecule has 1 amide bonds. The van der Waals surface area contributed by atoms with Crippen LogP contribution in [0.1, 0.15) is 0 Å². The summed E-state index contributed by atoms with van der Waals surface area (Å²) in [7, 11) is 1.47. The van der Waals surface area contributed by atoms with E-state index in [1.807, 2.05) is 0 Å². The minimum absolute atomic E-state index is 0.318. The molecule has 16 heavy (non-hydrogen) atoms. The fourth-order valence-corrected chi connectivity index (χ4v) is 0.874. The molecule has 1 rings (SSSR count). The van der Waals surface area contributed by atoms with Crippen molar-refractivity contribution in [2.45, 2.75) is 6.18 Å². The van der Waals surface area contributed by atoms with E-state index in [2.05, 4.69) is 5.43 Å². The molecular formula is C9H9F3N2O2. The van der Waals surface area contributed by atoms with Gasteiger partial charge in [0.25, 0.3) is 0 Å². The molecule has 88 valence electrons. The first-order chi connectivity index (χ1) is 7.43. The molecule has 1 aromatic rings. The van der Waals surface area contributed by atoms with Gasteiger partial charge in [0.2, 0.25) is 0 Å². The van der Waals surface area contributed by atoms with E-state index in [0.717, 1.165) is 0 Å². The lowest BCUT2D eigenvalue weighted by Crippen LogP contribution is -2.40. The molecule has 0 aliphatic rings. The van der Waals surface area contributed by atoms with Crippen LogP contribution < -0.4 is 15.6 Å². The van der Waals surface area contributed by atoms with Crippen molar-refractivity contribution in [2.75, 3.05) is 12.5 Å². The van der Waals surface area contributed by atoms with Crippen LogP contribution in [0.3, 0.4) is 0 Å². The Kier molecular flexibility index (Phi) is 3.60. The normalized spacial score (nSPS) is 10.8. The monoisotopic (exact) mass is 234 g/mol. The zero-order chi connectivity index (χ0) is 12.2. The van der Waals surface area contributed by atoms with Crippen molar-refractivity contribution in [1.29, 1.82) is 0 Å². The van der Waals surface area contributed by atoms with Crippen molar-refractivity contribution < 1.29 is 22.7 Å². The number of hydrogen-bond acceptors (Lipinski definition) is 3. The maximum absolute atomic E-state index is 11.8. The van der Waals surface area contributed by atoms with Gasteiger partial charge in [0.15, 0.2) is 0 Å². The average Bonchev–Trinajstić information content (AvgIpc) is 2.25. The second-order valence-electron chi connectivity index (χ2n) is 2.81. The van der Waals surface area contributed by atoms with Crippen LogP contribution in [0.25, 0.3) is 0 Å². The van der Waals surface area contributed by atoms with Crippen molar-refractivity contribution in [1.82, 2.24) is 5.43 Å². The summed E-state index contributed by atoms with van der Waals surface area (Å²) in [4.78, 5) is 10.4. The largest absolute Gasteiger partial charge is 0.497 e. The van der Waals surface area contributed by atoms with Gasteiger partial charge in [-0.1, -0.05) is 0 Å². The third-order valence-electron chi connectivity index (χ3n) is 1.67. The van der Waals surface area contributed by atoms with Crippen LogP contribution in [0, 0.1) is 0 Å². The number of carbonyl (C=O) groups is 1. The van der Waals surface area contributed by atoms with Crippen LogP contribution in [-0.2, 0) is 4.79 Å². The van der Waals surface area contributed by atoms with E-state index >= 15 is 0 Å². The highest BCUT2D eigenvalue weighted by molar-refractivity contribution is 5.82. The number of halogens is 3. The van der Waals surface area contributed by atoms with Gasteiger partial charge in [-0.05, 0) is 24.3 Å². The summed E-state index contributed by atoms with van der Waals surface area (Å²) in [5.41, 5.74) is 3.97. The first-order valence-electron chi connectivity index (χ1n) is 4.20. The van der Waals surface area contributed by atoms with Gasteiger partial charge in [-0.3, -0.25) is 15.6 Å². The zero-order valence-electron chi connectivity index (χ0n) is 8.26. The van der Waals surface area contributed by atoms with Gasteiger partial charge in [0, 0.05) is 0 Å². The van der Waals surface area contributed by atoms with Crippen LogP contribution in [0.4, 0.5) is 18.9 Å². The van der Waals surface area contributed by atoms with Crippen molar-refractivity contribution in [3.8, 4) is 5.75 Å². The van der Waals surface area contributed by atoms with E-state index in [4.69, 9.17) is 4.74 Å².